The molecule has 0 aromatic heterocycles. The number of alkyl halides is 3. The summed E-state index contributed by atoms with van der Waals surface area (Å²) in [5.41, 5.74) is 1.12. The molecule has 1 amide bonds. The summed E-state index contributed by atoms with van der Waals surface area (Å²) in [7, 11) is 0. The van der Waals surface area contributed by atoms with Gasteiger partial charge in [0, 0.05) is 13.1 Å². The van der Waals surface area contributed by atoms with Gasteiger partial charge in [0.1, 0.15) is 0 Å². The highest BCUT2D eigenvalue weighted by Gasteiger charge is 2.30. The van der Waals surface area contributed by atoms with Gasteiger partial charge in [-0.1, -0.05) is 12.1 Å². The van der Waals surface area contributed by atoms with Crippen LogP contribution in [0.25, 0.3) is 0 Å². The standard InChI is InChI=1S/C15H19F3N2O3/c1-10-7-20(8-11(2)23-10)13-6-4-3-5-12(13)19-14(21)22-9-15(16,17)18/h3-6,10-11H,7-9H2,1-2H3,(H,19,21)/t10-,11-/m1/s1. The van der Waals surface area contributed by atoms with Crippen LogP contribution >= 0.6 is 0 Å². The first kappa shape index (κ1) is 17.4. The van der Waals surface area contributed by atoms with E-state index in [0.717, 1.165) is 5.69 Å². The average molecular weight is 332 g/mol. The van der Waals surface area contributed by atoms with Gasteiger partial charge in [-0.3, -0.25) is 5.32 Å². The van der Waals surface area contributed by atoms with Crippen molar-refractivity contribution in [2.45, 2.75) is 32.2 Å². The van der Waals surface area contributed by atoms with Crippen LogP contribution in [0.4, 0.5) is 29.3 Å². The second-order valence-corrected chi connectivity index (χ2v) is 5.50. The van der Waals surface area contributed by atoms with E-state index in [0.29, 0.717) is 18.8 Å². The predicted molar refractivity (Wildman–Crippen MR) is 79.7 cm³/mol. The summed E-state index contributed by atoms with van der Waals surface area (Å²) in [6.45, 7) is 3.51. The van der Waals surface area contributed by atoms with Gasteiger partial charge < -0.3 is 14.4 Å². The number of anilines is 2. The van der Waals surface area contributed by atoms with Crippen LogP contribution in [0, 0.1) is 0 Å². The van der Waals surface area contributed by atoms with Gasteiger partial charge in [0.05, 0.1) is 23.6 Å². The molecule has 0 bridgehead atoms. The summed E-state index contributed by atoms with van der Waals surface area (Å²) in [6, 6.07) is 6.90. The first-order chi connectivity index (χ1) is 10.7. The summed E-state index contributed by atoms with van der Waals surface area (Å²) in [5.74, 6) is 0. The van der Waals surface area contributed by atoms with Crippen LogP contribution in [0.1, 0.15) is 13.8 Å². The third-order valence-electron chi connectivity index (χ3n) is 3.27. The zero-order valence-corrected chi connectivity index (χ0v) is 12.9. The van der Waals surface area contributed by atoms with E-state index in [1.807, 2.05) is 18.7 Å². The van der Waals surface area contributed by atoms with E-state index in [4.69, 9.17) is 4.74 Å². The Kier molecular flexibility index (Phi) is 5.35. The Morgan fingerprint density at radius 3 is 2.52 bits per heavy atom. The predicted octanol–water partition coefficient (Wildman–Crippen LogP) is 3.41. The number of carbonyl (C=O) groups is 1. The molecule has 1 fully saturated rings. The van der Waals surface area contributed by atoms with Crippen LogP contribution in [0.15, 0.2) is 24.3 Å². The number of hydrogen-bond acceptors (Lipinski definition) is 4. The monoisotopic (exact) mass is 332 g/mol. The maximum Gasteiger partial charge on any atom is 0.422 e. The molecular formula is C15H19F3N2O3. The molecule has 1 N–H and O–H groups in total. The van der Waals surface area contributed by atoms with Crippen LogP contribution in [0.2, 0.25) is 0 Å². The number of hydrogen-bond donors (Lipinski definition) is 1. The lowest BCUT2D eigenvalue weighted by molar-refractivity contribution is -0.159. The van der Waals surface area contributed by atoms with Crippen molar-refractivity contribution in [2.75, 3.05) is 29.9 Å². The molecule has 2 rings (SSSR count). The van der Waals surface area contributed by atoms with Crippen LogP contribution in [-0.2, 0) is 9.47 Å². The fraction of sp³-hybridized carbons (Fsp3) is 0.533. The number of rotatable bonds is 3. The zero-order valence-electron chi connectivity index (χ0n) is 12.9. The highest BCUT2D eigenvalue weighted by atomic mass is 19.4. The largest absolute Gasteiger partial charge is 0.440 e. The topological polar surface area (TPSA) is 50.8 Å². The van der Waals surface area contributed by atoms with Gasteiger partial charge in [0.25, 0.3) is 0 Å². The average Bonchev–Trinajstić information content (AvgIpc) is 2.44. The summed E-state index contributed by atoms with van der Waals surface area (Å²) in [5, 5.41) is 2.37. The molecule has 1 aromatic carbocycles. The minimum atomic E-state index is -4.55. The molecular weight excluding hydrogens is 313 g/mol. The van der Waals surface area contributed by atoms with E-state index in [2.05, 4.69) is 10.1 Å². The maximum atomic E-state index is 12.1. The van der Waals surface area contributed by atoms with Crippen LogP contribution in [-0.4, -0.2) is 44.2 Å². The molecule has 0 unspecified atom stereocenters. The van der Waals surface area contributed by atoms with Crippen molar-refractivity contribution < 1.29 is 27.4 Å². The molecule has 1 heterocycles. The number of carbonyl (C=O) groups excluding carboxylic acids is 1. The molecule has 128 valence electrons. The quantitative estimate of drug-likeness (QED) is 0.922. The van der Waals surface area contributed by atoms with Gasteiger partial charge in [-0.15, -0.1) is 0 Å². The van der Waals surface area contributed by atoms with Crippen LogP contribution < -0.4 is 10.2 Å². The lowest BCUT2D eigenvalue weighted by atomic mass is 10.1. The molecule has 1 saturated heterocycles. The SMILES string of the molecule is C[C@@H]1CN(c2ccccc2NC(=O)OCC(F)(F)F)C[C@@H](C)O1. The molecule has 1 aliphatic rings. The van der Waals surface area contributed by atoms with Gasteiger partial charge in [0.2, 0.25) is 0 Å². The summed E-state index contributed by atoms with van der Waals surface area (Å²) >= 11 is 0. The highest BCUT2D eigenvalue weighted by molar-refractivity contribution is 5.89. The van der Waals surface area contributed by atoms with Gasteiger partial charge in [0.15, 0.2) is 6.61 Å². The number of benzene rings is 1. The second kappa shape index (κ2) is 7.08. The van der Waals surface area contributed by atoms with Crippen molar-refractivity contribution >= 4 is 17.5 Å². The fourth-order valence-corrected chi connectivity index (χ4v) is 2.52. The first-order valence-electron chi connectivity index (χ1n) is 7.24. The second-order valence-electron chi connectivity index (χ2n) is 5.50. The Bertz CT molecular complexity index is 541. The third kappa shape index (κ3) is 5.31. The molecule has 0 spiro atoms. The van der Waals surface area contributed by atoms with Crippen LogP contribution in [0.5, 0.6) is 0 Å². The van der Waals surface area contributed by atoms with E-state index in [9.17, 15) is 18.0 Å². The Labute approximate surface area is 132 Å². The van der Waals surface area contributed by atoms with Crippen molar-refractivity contribution in [3.63, 3.8) is 0 Å². The molecule has 5 nitrogen and oxygen atoms in total. The molecule has 8 heteroatoms. The van der Waals surface area contributed by atoms with Crippen molar-refractivity contribution in [3.8, 4) is 0 Å². The Hall–Kier alpha value is -1.96. The molecule has 1 aliphatic heterocycles. The van der Waals surface area contributed by atoms with Gasteiger partial charge in [-0.2, -0.15) is 13.2 Å². The maximum absolute atomic E-state index is 12.1. The number of morpholine rings is 1. The van der Waals surface area contributed by atoms with Crippen molar-refractivity contribution in [3.05, 3.63) is 24.3 Å². The number of nitrogens with zero attached hydrogens (tertiary/aromatic N) is 1. The summed E-state index contributed by atoms with van der Waals surface area (Å²) in [4.78, 5) is 13.6. The third-order valence-corrected chi connectivity index (χ3v) is 3.27. The number of ether oxygens (including phenoxy) is 2. The number of halogens is 3. The van der Waals surface area contributed by atoms with E-state index < -0.39 is 18.9 Å². The number of amides is 1. The van der Waals surface area contributed by atoms with Gasteiger partial charge in [-0.25, -0.2) is 4.79 Å². The van der Waals surface area contributed by atoms with E-state index in [1.165, 1.54) is 0 Å². The zero-order chi connectivity index (χ0) is 17.0. The Balaban J connectivity index is 2.07. The Morgan fingerprint density at radius 1 is 1.30 bits per heavy atom. The molecule has 2 atom stereocenters. The van der Waals surface area contributed by atoms with E-state index >= 15 is 0 Å². The van der Waals surface area contributed by atoms with E-state index in [-0.39, 0.29) is 12.2 Å². The number of para-hydroxylation sites is 2. The van der Waals surface area contributed by atoms with Crippen molar-refractivity contribution in [2.24, 2.45) is 0 Å². The first-order valence-corrected chi connectivity index (χ1v) is 7.24. The smallest absolute Gasteiger partial charge is 0.422 e. The molecule has 0 saturated carbocycles. The lowest BCUT2D eigenvalue weighted by Crippen LogP contribution is -2.45. The van der Waals surface area contributed by atoms with Gasteiger partial charge >= 0.3 is 12.3 Å². The summed E-state index contributed by atoms with van der Waals surface area (Å²) < 4.78 is 46.1. The number of nitrogens with one attached hydrogen (secondary N) is 1. The minimum Gasteiger partial charge on any atom is -0.440 e. The molecule has 0 aliphatic carbocycles. The molecule has 1 aromatic rings. The normalized spacial score (nSPS) is 21.9. The van der Waals surface area contributed by atoms with E-state index in [1.54, 1.807) is 24.3 Å². The fourth-order valence-electron chi connectivity index (χ4n) is 2.52. The van der Waals surface area contributed by atoms with Crippen molar-refractivity contribution in [1.29, 1.82) is 0 Å². The summed E-state index contributed by atoms with van der Waals surface area (Å²) in [6.07, 6.45) is -5.65. The minimum absolute atomic E-state index is 0.0176. The molecule has 23 heavy (non-hydrogen) atoms. The van der Waals surface area contributed by atoms with Crippen LogP contribution in [0.3, 0.4) is 0 Å². The highest BCUT2D eigenvalue weighted by Crippen LogP contribution is 2.28. The van der Waals surface area contributed by atoms with Gasteiger partial charge in [-0.05, 0) is 26.0 Å². The lowest BCUT2D eigenvalue weighted by Gasteiger charge is -2.37. The van der Waals surface area contributed by atoms with Crippen molar-refractivity contribution in [1.82, 2.24) is 0 Å². The molecule has 0 radical (unpaired) electrons. The Morgan fingerprint density at radius 2 is 1.91 bits per heavy atom.